The Hall–Kier alpha value is -1.65. The van der Waals surface area contributed by atoms with Crippen molar-refractivity contribution in [2.75, 3.05) is 19.6 Å². The second-order valence-electron chi connectivity index (χ2n) is 7.76. The first-order chi connectivity index (χ1) is 12.2. The van der Waals surface area contributed by atoms with Crippen LogP contribution < -0.4 is 5.32 Å². The van der Waals surface area contributed by atoms with E-state index in [0.29, 0.717) is 6.04 Å². The van der Waals surface area contributed by atoms with Gasteiger partial charge in [-0.05, 0) is 89.3 Å². The summed E-state index contributed by atoms with van der Waals surface area (Å²) in [6.07, 6.45) is 6.57. The van der Waals surface area contributed by atoms with Gasteiger partial charge in [0.1, 0.15) is 0 Å². The number of fused-ring (bicyclic) bond motifs is 1. The average molecular weight is 338 g/mol. The lowest BCUT2D eigenvalue weighted by molar-refractivity contribution is 0.167. The molecule has 25 heavy (non-hydrogen) atoms. The molecule has 0 amide bonds. The SMILES string of the molecule is Cc1cc(C)n(-c2ccc(CCNC3CCN4CCCC4C3)cc2)n1. The summed E-state index contributed by atoms with van der Waals surface area (Å²) in [7, 11) is 0. The predicted molar refractivity (Wildman–Crippen MR) is 102 cm³/mol. The highest BCUT2D eigenvalue weighted by atomic mass is 15.3. The lowest BCUT2D eigenvalue weighted by atomic mass is 9.97. The van der Waals surface area contributed by atoms with E-state index >= 15 is 0 Å². The normalized spacial score (nSPS) is 23.8. The van der Waals surface area contributed by atoms with Crippen LogP contribution in [0.2, 0.25) is 0 Å². The minimum atomic E-state index is 0.716. The smallest absolute Gasteiger partial charge is 0.0648 e. The summed E-state index contributed by atoms with van der Waals surface area (Å²) in [6.45, 7) is 7.85. The van der Waals surface area contributed by atoms with Crippen molar-refractivity contribution in [3.8, 4) is 5.69 Å². The molecular formula is C21H30N4. The fourth-order valence-corrected chi connectivity index (χ4v) is 4.52. The van der Waals surface area contributed by atoms with Crippen LogP contribution in [0, 0.1) is 13.8 Å². The maximum Gasteiger partial charge on any atom is 0.0648 e. The predicted octanol–water partition coefficient (Wildman–Crippen LogP) is 3.25. The van der Waals surface area contributed by atoms with Crippen molar-refractivity contribution >= 4 is 0 Å². The first-order valence-electron chi connectivity index (χ1n) is 9.79. The van der Waals surface area contributed by atoms with E-state index in [1.807, 2.05) is 11.6 Å². The van der Waals surface area contributed by atoms with Gasteiger partial charge in [0.2, 0.25) is 0 Å². The van der Waals surface area contributed by atoms with E-state index < -0.39 is 0 Å². The van der Waals surface area contributed by atoms with Gasteiger partial charge >= 0.3 is 0 Å². The summed E-state index contributed by atoms with van der Waals surface area (Å²) in [5.74, 6) is 0. The van der Waals surface area contributed by atoms with Crippen LogP contribution in [0.1, 0.15) is 42.6 Å². The van der Waals surface area contributed by atoms with Crippen LogP contribution in [0.5, 0.6) is 0 Å². The first-order valence-corrected chi connectivity index (χ1v) is 9.79. The van der Waals surface area contributed by atoms with Crippen LogP contribution in [0.15, 0.2) is 30.3 Å². The molecule has 2 atom stereocenters. The second kappa shape index (κ2) is 7.30. The van der Waals surface area contributed by atoms with E-state index in [4.69, 9.17) is 0 Å². The molecule has 134 valence electrons. The number of aromatic nitrogens is 2. The molecule has 2 aliphatic rings. The zero-order chi connectivity index (χ0) is 17.2. The van der Waals surface area contributed by atoms with Crippen LogP contribution in [0.25, 0.3) is 5.69 Å². The van der Waals surface area contributed by atoms with Gasteiger partial charge in [0.25, 0.3) is 0 Å². The quantitative estimate of drug-likeness (QED) is 0.908. The standard InChI is InChI=1S/C21H30N4/c1-16-14-17(2)25(23-16)20-7-5-18(6-8-20)9-11-22-19-10-13-24-12-3-4-21(24)15-19/h5-8,14,19,21-22H,3-4,9-13,15H2,1-2H3. The van der Waals surface area contributed by atoms with Gasteiger partial charge in [0, 0.05) is 17.8 Å². The van der Waals surface area contributed by atoms with Crippen molar-refractivity contribution in [2.45, 2.75) is 58.0 Å². The molecule has 1 N–H and O–H groups in total. The van der Waals surface area contributed by atoms with Gasteiger partial charge in [-0.2, -0.15) is 5.10 Å². The molecule has 2 saturated heterocycles. The Morgan fingerprint density at radius 3 is 2.72 bits per heavy atom. The molecule has 0 bridgehead atoms. The number of benzene rings is 1. The number of hydrogen-bond acceptors (Lipinski definition) is 3. The summed E-state index contributed by atoms with van der Waals surface area (Å²) in [4.78, 5) is 2.69. The van der Waals surface area contributed by atoms with Gasteiger partial charge in [-0.3, -0.25) is 0 Å². The lowest BCUT2D eigenvalue weighted by Crippen LogP contribution is -2.46. The molecule has 0 saturated carbocycles. The zero-order valence-corrected chi connectivity index (χ0v) is 15.5. The van der Waals surface area contributed by atoms with Crippen LogP contribution >= 0.6 is 0 Å². The maximum atomic E-state index is 4.56. The Balaban J connectivity index is 1.28. The van der Waals surface area contributed by atoms with Gasteiger partial charge in [0.05, 0.1) is 11.4 Å². The fraction of sp³-hybridized carbons (Fsp3) is 0.571. The largest absolute Gasteiger partial charge is 0.314 e. The molecule has 2 unspecified atom stereocenters. The topological polar surface area (TPSA) is 33.1 Å². The van der Waals surface area contributed by atoms with E-state index in [0.717, 1.165) is 30.4 Å². The Labute approximate surface area is 151 Å². The molecule has 4 rings (SSSR count). The molecule has 0 aliphatic carbocycles. The minimum absolute atomic E-state index is 0.716. The number of aryl methyl sites for hydroxylation is 2. The highest BCUT2D eigenvalue weighted by Gasteiger charge is 2.31. The van der Waals surface area contributed by atoms with Crippen molar-refractivity contribution < 1.29 is 0 Å². The first kappa shape index (κ1) is 16.8. The molecule has 2 aromatic rings. The third-order valence-corrected chi connectivity index (χ3v) is 5.86. The third kappa shape index (κ3) is 3.80. The van der Waals surface area contributed by atoms with Gasteiger partial charge in [0.15, 0.2) is 0 Å². The molecule has 1 aromatic heterocycles. The van der Waals surface area contributed by atoms with Gasteiger partial charge in [-0.1, -0.05) is 12.1 Å². The summed E-state index contributed by atoms with van der Waals surface area (Å²) < 4.78 is 2.02. The molecule has 0 spiro atoms. The number of piperidine rings is 1. The van der Waals surface area contributed by atoms with Crippen LogP contribution in [-0.2, 0) is 6.42 Å². The Bertz CT molecular complexity index is 703. The van der Waals surface area contributed by atoms with Gasteiger partial charge < -0.3 is 10.2 Å². The monoisotopic (exact) mass is 338 g/mol. The van der Waals surface area contributed by atoms with Gasteiger partial charge in [-0.25, -0.2) is 4.68 Å². The second-order valence-corrected chi connectivity index (χ2v) is 7.76. The number of hydrogen-bond donors (Lipinski definition) is 1. The van der Waals surface area contributed by atoms with Crippen LogP contribution in [-0.4, -0.2) is 46.4 Å². The van der Waals surface area contributed by atoms with Crippen LogP contribution in [0.3, 0.4) is 0 Å². The Morgan fingerprint density at radius 1 is 1.12 bits per heavy atom. The molecule has 3 heterocycles. The Morgan fingerprint density at radius 2 is 1.96 bits per heavy atom. The summed E-state index contributed by atoms with van der Waals surface area (Å²) in [5, 5.41) is 8.36. The van der Waals surface area contributed by atoms with Crippen molar-refractivity contribution in [3.05, 3.63) is 47.3 Å². The number of rotatable bonds is 5. The van der Waals surface area contributed by atoms with E-state index in [-0.39, 0.29) is 0 Å². The third-order valence-electron chi connectivity index (χ3n) is 5.86. The highest BCUT2D eigenvalue weighted by Crippen LogP contribution is 2.26. The highest BCUT2D eigenvalue weighted by molar-refractivity contribution is 5.36. The van der Waals surface area contributed by atoms with Crippen molar-refractivity contribution in [3.63, 3.8) is 0 Å². The average Bonchev–Trinajstić information content (AvgIpc) is 3.21. The molecular weight excluding hydrogens is 308 g/mol. The molecule has 1 aromatic carbocycles. The van der Waals surface area contributed by atoms with Gasteiger partial charge in [-0.15, -0.1) is 0 Å². The maximum absolute atomic E-state index is 4.56. The number of nitrogens with zero attached hydrogens (tertiary/aromatic N) is 3. The van der Waals surface area contributed by atoms with E-state index in [9.17, 15) is 0 Å². The molecule has 0 radical (unpaired) electrons. The van der Waals surface area contributed by atoms with Crippen molar-refractivity contribution in [1.82, 2.24) is 20.0 Å². The molecule has 2 aliphatic heterocycles. The summed E-state index contributed by atoms with van der Waals surface area (Å²) >= 11 is 0. The van der Waals surface area contributed by atoms with Crippen LogP contribution in [0.4, 0.5) is 0 Å². The zero-order valence-electron chi connectivity index (χ0n) is 15.5. The minimum Gasteiger partial charge on any atom is -0.314 e. The molecule has 4 heteroatoms. The van der Waals surface area contributed by atoms with E-state index in [2.05, 4.69) is 52.6 Å². The number of nitrogens with one attached hydrogen (secondary N) is 1. The van der Waals surface area contributed by atoms with Crippen molar-refractivity contribution in [1.29, 1.82) is 0 Å². The lowest BCUT2D eigenvalue weighted by Gasteiger charge is -2.35. The summed E-state index contributed by atoms with van der Waals surface area (Å²) in [5.41, 5.74) is 4.80. The van der Waals surface area contributed by atoms with Crippen molar-refractivity contribution in [2.24, 2.45) is 0 Å². The van der Waals surface area contributed by atoms with E-state index in [1.54, 1.807) is 0 Å². The molecule has 4 nitrogen and oxygen atoms in total. The Kier molecular flexibility index (Phi) is 4.91. The van der Waals surface area contributed by atoms with E-state index in [1.165, 1.54) is 50.0 Å². The molecule has 2 fully saturated rings. The fourth-order valence-electron chi connectivity index (χ4n) is 4.52. The summed E-state index contributed by atoms with van der Waals surface area (Å²) in [6, 6.07) is 12.5.